The maximum Gasteiger partial charge on any atom is 0.195 e. The van der Waals surface area contributed by atoms with Crippen molar-refractivity contribution >= 4 is 23.2 Å². The second-order valence-electron chi connectivity index (χ2n) is 7.45. The van der Waals surface area contributed by atoms with Crippen LogP contribution in [0.15, 0.2) is 16.9 Å². The molecule has 0 saturated carbocycles. The van der Waals surface area contributed by atoms with Crippen LogP contribution in [0, 0.1) is 5.92 Å². The number of hydrogen-bond donors (Lipinski definition) is 3. The number of amidine groups is 1. The Morgan fingerprint density at radius 2 is 1.96 bits per heavy atom. The van der Waals surface area contributed by atoms with Crippen LogP contribution in [-0.2, 0) is 9.53 Å². The van der Waals surface area contributed by atoms with Crippen molar-refractivity contribution in [3.63, 3.8) is 0 Å². The average molecular weight is 375 g/mol. The van der Waals surface area contributed by atoms with Gasteiger partial charge in [-0.2, -0.15) is 0 Å². The first-order valence-corrected chi connectivity index (χ1v) is 9.21. The number of carbonyl (C=O) groups excluding carboxylic acids is 1. The Kier molecular flexibility index (Phi) is 11.7. The van der Waals surface area contributed by atoms with E-state index < -0.39 is 0 Å². The molecule has 1 heterocycles. The van der Waals surface area contributed by atoms with Gasteiger partial charge in [0.2, 0.25) is 0 Å². The molecule has 146 valence electrons. The van der Waals surface area contributed by atoms with E-state index in [1.165, 1.54) is 0 Å². The number of nitrogens with zero attached hydrogens (tertiary/aromatic N) is 1. The number of allylic oxidation sites excluding steroid dienone is 1. The average Bonchev–Trinajstić information content (AvgIpc) is 2.42. The molecule has 2 atom stereocenters. The highest BCUT2D eigenvalue weighted by Gasteiger charge is 2.19. The van der Waals surface area contributed by atoms with Gasteiger partial charge in [-0.05, 0) is 57.7 Å². The lowest BCUT2D eigenvalue weighted by atomic mass is 9.93. The number of nitrogens with two attached hydrogens (primary N) is 1. The molecular formula is C18H35ClN4O2. The highest BCUT2D eigenvalue weighted by molar-refractivity contribution is 6.64. The van der Waals surface area contributed by atoms with Crippen LogP contribution in [0.5, 0.6) is 0 Å². The number of aldehydes is 1. The second kappa shape index (κ2) is 12.3. The molecule has 0 aromatic heterocycles. The van der Waals surface area contributed by atoms with Crippen molar-refractivity contribution in [1.29, 1.82) is 0 Å². The predicted molar refractivity (Wildman–Crippen MR) is 106 cm³/mol. The molecule has 0 aliphatic carbocycles. The quantitative estimate of drug-likeness (QED) is 0.276. The van der Waals surface area contributed by atoms with E-state index in [-0.39, 0.29) is 17.3 Å². The van der Waals surface area contributed by atoms with Gasteiger partial charge in [-0.15, -0.1) is 0 Å². The zero-order valence-corrected chi connectivity index (χ0v) is 17.2. The topological polar surface area (TPSA) is 88.7 Å². The summed E-state index contributed by atoms with van der Waals surface area (Å²) in [6.45, 7) is 14.6. The third kappa shape index (κ3) is 13.8. The van der Waals surface area contributed by atoms with Crippen LogP contribution in [0.1, 0.15) is 54.4 Å². The van der Waals surface area contributed by atoms with Gasteiger partial charge in [-0.3, -0.25) is 0 Å². The standard InChI is InChI=1S/C12H22ClN3O.C6H13NO/c1-9(2)8-12(3,4)16-10(6-5-7-17)15-11(13)14;1-5-3-7-4-6(2)8-5/h6-7,9,16H,5,8H2,1-4H3,(H2,14,15);5-7H,3-4H2,1-2H3/b10-6+;. The van der Waals surface area contributed by atoms with Gasteiger partial charge in [0, 0.05) is 25.0 Å². The lowest BCUT2D eigenvalue weighted by molar-refractivity contribution is -0.107. The van der Waals surface area contributed by atoms with Gasteiger partial charge in [0.1, 0.15) is 12.1 Å². The Bertz CT molecular complexity index is 438. The smallest absolute Gasteiger partial charge is 0.195 e. The molecule has 0 radical (unpaired) electrons. The van der Waals surface area contributed by atoms with Crippen LogP contribution in [-0.4, -0.2) is 42.4 Å². The number of aliphatic imine (C=N–C) groups is 1. The fourth-order valence-corrected chi connectivity index (χ4v) is 2.89. The molecule has 6 nitrogen and oxygen atoms in total. The minimum absolute atomic E-state index is 0.0463. The van der Waals surface area contributed by atoms with Crippen LogP contribution < -0.4 is 16.4 Å². The molecule has 2 unspecified atom stereocenters. The third-order valence-electron chi connectivity index (χ3n) is 3.35. The molecule has 0 bridgehead atoms. The van der Waals surface area contributed by atoms with E-state index in [9.17, 15) is 4.79 Å². The van der Waals surface area contributed by atoms with Crippen LogP contribution in [0.4, 0.5) is 0 Å². The summed E-state index contributed by atoms with van der Waals surface area (Å²) in [5.41, 5.74) is 5.21. The zero-order valence-electron chi connectivity index (χ0n) is 16.4. The third-order valence-corrected chi connectivity index (χ3v) is 3.43. The lowest BCUT2D eigenvalue weighted by Gasteiger charge is -2.29. The van der Waals surface area contributed by atoms with E-state index in [1.54, 1.807) is 6.08 Å². The highest BCUT2D eigenvalue weighted by Crippen LogP contribution is 2.17. The van der Waals surface area contributed by atoms with Gasteiger partial charge >= 0.3 is 0 Å². The number of rotatable bonds is 7. The van der Waals surface area contributed by atoms with E-state index in [4.69, 9.17) is 22.1 Å². The molecule has 0 aromatic carbocycles. The summed E-state index contributed by atoms with van der Waals surface area (Å²) in [7, 11) is 0. The maximum atomic E-state index is 10.4. The number of halogens is 1. The van der Waals surface area contributed by atoms with Crippen LogP contribution in [0.3, 0.4) is 0 Å². The van der Waals surface area contributed by atoms with Gasteiger partial charge in [0.05, 0.1) is 12.2 Å². The SMILES string of the molecule is CC(C)CC(C)(C)NC(=C/CC=O)/N=C(\N)Cl.CC1CNCC(C)O1. The van der Waals surface area contributed by atoms with Crippen molar-refractivity contribution in [2.45, 2.75) is 72.1 Å². The monoisotopic (exact) mass is 374 g/mol. The van der Waals surface area contributed by atoms with Crippen molar-refractivity contribution in [3.8, 4) is 0 Å². The van der Waals surface area contributed by atoms with Crippen LogP contribution in [0.2, 0.25) is 0 Å². The normalized spacial score (nSPS) is 22.2. The van der Waals surface area contributed by atoms with Crippen molar-refractivity contribution in [3.05, 3.63) is 11.9 Å². The Morgan fingerprint density at radius 3 is 2.32 bits per heavy atom. The molecule has 1 aliphatic heterocycles. The van der Waals surface area contributed by atoms with E-state index in [2.05, 4.69) is 57.2 Å². The summed E-state index contributed by atoms with van der Waals surface area (Å²) in [6, 6.07) is 0. The molecule has 1 aliphatic rings. The second-order valence-corrected chi connectivity index (χ2v) is 7.84. The summed E-state index contributed by atoms with van der Waals surface area (Å²) >= 11 is 5.54. The summed E-state index contributed by atoms with van der Waals surface area (Å²) in [4.78, 5) is 14.3. The van der Waals surface area contributed by atoms with Crippen LogP contribution in [0.25, 0.3) is 0 Å². The Hall–Kier alpha value is -1.11. The minimum atomic E-state index is -0.126. The zero-order chi connectivity index (χ0) is 19.5. The molecule has 1 rings (SSSR count). The van der Waals surface area contributed by atoms with Gasteiger partial charge < -0.3 is 25.9 Å². The van der Waals surface area contributed by atoms with Gasteiger partial charge in [0.25, 0.3) is 0 Å². The van der Waals surface area contributed by atoms with Crippen molar-refractivity contribution < 1.29 is 9.53 Å². The van der Waals surface area contributed by atoms with Crippen molar-refractivity contribution in [1.82, 2.24) is 10.6 Å². The minimum Gasteiger partial charge on any atom is -0.374 e. The number of nitrogens with one attached hydrogen (secondary N) is 2. The summed E-state index contributed by atoms with van der Waals surface area (Å²) in [5, 5.41) is 6.45. The van der Waals surface area contributed by atoms with E-state index in [1.807, 2.05) is 0 Å². The van der Waals surface area contributed by atoms with Crippen molar-refractivity contribution in [2.75, 3.05) is 13.1 Å². The fourth-order valence-electron chi connectivity index (χ4n) is 2.80. The van der Waals surface area contributed by atoms with Gasteiger partial charge in [0.15, 0.2) is 5.29 Å². The fraction of sp³-hybridized carbons (Fsp3) is 0.778. The molecule has 1 saturated heterocycles. The van der Waals surface area contributed by atoms with Gasteiger partial charge in [-0.25, -0.2) is 4.99 Å². The van der Waals surface area contributed by atoms with Gasteiger partial charge in [-0.1, -0.05) is 13.8 Å². The van der Waals surface area contributed by atoms with E-state index in [0.717, 1.165) is 25.8 Å². The largest absolute Gasteiger partial charge is 0.374 e. The summed E-state index contributed by atoms with van der Waals surface area (Å²) < 4.78 is 5.42. The van der Waals surface area contributed by atoms with E-state index >= 15 is 0 Å². The predicted octanol–water partition coefficient (Wildman–Crippen LogP) is 2.77. The first kappa shape index (κ1) is 23.9. The number of ether oxygens (including phenoxy) is 1. The maximum absolute atomic E-state index is 10.4. The number of morpholine rings is 1. The Labute approximate surface area is 157 Å². The molecule has 0 amide bonds. The summed E-state index contributed by atoms with van der Waals surface area (Å²) in [5.74, 6) is 1.09. The van der Waals surface area contributed by atoms with Crippen LogP contribution >= 0.6 is 11.6 Å². The van der Waals surface area contributed by atoms with Crippen molar-refractivity contribution in [2.24, 2.45) is 16.6 Å². The first-order chi connectivity index (χ1) is 11.6. The molecule has 0 spiro atoms. The highest BCUT2D eigenvalue weighted by atomic mass is 35.5. The molecule has 25 heavy (non-hydrogen) atoms. The molecule has 1 fully saturated rings. The van der Waals surface area contributed by atoms with E-state index in [0.29, 0.717) is 23.9 Å². The molecule has 7 heteroatoms. The number of carbonyl (C=O) groups is 1. The molecule has 4 N–H and O–H groups in total. The Morgan fingerprint density at radius 1 is 1.40 bits per heavy atom. The molecular weight excluding hydrogens is 340 g/mol. The number of hydrogen-bond acceptors (Lipinski definition) is 5. The first-order valence-electron chi connectivity index (χ1n) is 8.83. The summed E-state index contributed by atoms with van der Waals surface area (Å²) in [6.07, 6.45) is 4.54. The lowest BCUT2D eigenvalue weighted by Crippen LogP contribution is -2.41. The Balaban J connectivity index is 0.000000593. The molecule has 0 aromatic rings.